The summed E-state index contributed by atoms with van der Waals surface area (Å²) in [5.41, 5.74) is 7.00. The van der Waals surface area contributed by atoms with E-state index < -0.39 is 0 Å². The third kappa shape index (κ3) is 3.27. The van der Waals surface area contributed by atoms with Crippen molar-refractivity contribution in [1.29, 1.82) is 0 Å². The predicted molar refractivity (Wildman–Crippen MR) is 96.9 cm³/mol. The Morgan fingerprint density at radius 2 is 2.04 bits per heavy atom. The van der Waals surface area contributed by atoms with Gasteiger partial charge in [-0.3, -0.25) is 9.80 Å². The normalized spacial score (nSPS) is 27.0. The second kappa shape index (κ2) is 6.60. The summed E-state index contributed by atoms with van der Waals surface area (Å²) < 4.78 is 0. The summed E-state index contributed by atoms with van der Waals surface area (Å²) in [5, 5.41) is 20.5. The number of nitrogen functional groups attached to an aromatic ring is 1. The molecule has 4 heterocycles. The Hall–Kier alpha value is -1.61. The Kier molecular flexibility index (Phi) is 4.45. The minimum Gasteiger partial charge on any atom is -0.396 e. The van der Waals surface area contributed by atoms with Gasteiger partial charge in [0.1, 0.15) is 15.8 Å². The van der Waals surface area contributed by atoms with E-state index in [1.54, 1.807) is 17.5 Å². The van der Waals surface area contributed by atoms with E-state index in [9.17, 15) is 5.11 Å². The number of nitrogens with zero attached hydrogens (tertiary/aromatic N) is 5. The van der Waals surface area contributed by atoms with Gasteiger partial charge in [0.25, 0.3) is 0 Å². The first kappa shape index (κ1) is 16.8. The van der Waals surface area contributed by atoms with Crippen molar-refractivity contribution in [1.82, 2.24) is 25.0 Å². The third-order valence-electron chi connectivity index (χ3n) is 5.46. The van der Waals surface area contributed by atoms with Gasteiger partial charge in [0.15, 0.2) is 0 Å². The largest absolute Gasteiger partial charge is 0.396 e. The van der Waals surface area contributed by atoms with Gasteiger partial charge in [0.2, 0.25) is 0 Å². The lowest BCUT2D eigenvalue weighted by atomic mass is 9.82. The number of aromatic nitrogens is 3. The van der Waals surface area contributed by atoms with E-state index in [0.29, 0.717) is 11.7 Å². The average Bonchev–Trinajstić information content (AvgIpc) is 3.22. The molecule has 0 saturated carbocycles. The molecule has 2 fully saturated rings. The van der Waals surface area contributed by atoms with Crippen molar-refractivity contribution in [3.05, 3.63) is 33.9 Å². The van der Waals surface area contributed by atoms with Gasteiger partial charge >= 0.3 is 0 Å². The first-order valence-corrected chi connectivity index (χ1v) is 9.43. The molecule has 0 aromatic carbocycles. The molecule has 0 bridgehead atoms. The second-order valence-electron chi connectivity index (χ2n) is 7.32. The molecule has 0 radical (unpaired) electrons. The lowest BCUT2D eigenvalue weighted by molar-refractivity contribution is 0.110. The third-order valence-corrected chi connectivity index (χ3v) is 6.29. The van der Waals surface area contributed by atoms with Crippen LogP contribution in [-0.4, -0.2) is 62.9 Å². The number of fused-ring (bicyclic) bond motifs is 1. The molecule has 0 amide bonds. The zero-order valence-corrected chi connectivity index (χ0v) is 15.2. The maximum atomic E-state index is 10.1. The van der Waals surface area contributed by atoms with Gasteiger partial charge in [-0.2, -0.15) is 0 Å². The fourth-order valence-corrected chi connectivity index (χ4v) is 5.04. The van der Waals surface area contributed by atoms with Gasteiger partial charge in [-0.1, -0.05) is 6.07 Å². The molecular weight excluding hydrogens is 336 g/mol. The van der Waals surface area contributed by atoms with Crippen LogP contribution in [0.1, 0.15) is 15.6 Å². The molecule has 2 aliphatic rings. The van der Waals surface area contributed by atoms with Crippen molar-refractivity contribution < 1.29 is 5.11 Å². The molecule has 2 atom stereocenters. The first-order chi connectivity index (χ1) is 12.1. The highest BCUT2D eigenvalue weighted by atomic mass is 32.1. The van der Waals surface area contributed by atoms with E-state index >= 15 is 0 Å². The summed E-state index contributed by atoms with van der Waals surface area (Å²) in [6.07, 6.45) is 1.72. The molecule has 2 aromatic rings. The van der Waals surface area contributed by atoms with Crippen molar-refractivity contribution >= 4 is 17.2 Å². The van der Waals surface area contributed by atoms with Crippen LogP contribution in [0, 0.1) is 18.3 Å². The topological polar surface area (TPSA) is 91.4 Å². The summed E-state index contributed by atoms with van der Waals surface area (Å²) in [4.78, 5) is 8.99. The maximum Gasteiger partial charge on any atom is 0.131 e. The van der Waals surface area contributed by atoms with E-state index in [4.69, 9.17) is 5.73 Å². The summed E-state index contributed by atoms with van der Waals surface area (Å²) in [5.74, 6) is 1.08. The number of likely N-dealkylation sites (tertiary alicyclic amines) is 2. The Labute approximate surface area is 151 Å². The van der Waals surface area contributed by atoms with Crippen LogP contribution in [0.2, 0.25) is 0 Å². The van der Waals surface area contributed by atoms with Crippen molar-refractivity contribution in [3.63, 3.8) is 0 Å². The van der Waals surface area contributed by atoms with Gasteiger partial charge in [-0.05, 0) is 18.9 Å². The number of nitrogens with two attached hydrogens (primary N) is 1. The van der Waals surface area contributed by atoms with Crippen LogP contribution in [-0.2, 0) is 13.1 Å². The summed E-state index contributed by atoms with van der Waals surface area (Å²) >= 11 is 1.66. The SMILES string of the molecule is Cc1nnc(CN2CC3CN(Cc4cccnc4N)CC3(CO)C2)s1. The summed E-state index contributed by atoms with van der Waals surface area (Å²) in [6, 6.07) is 3.96. The molecular formula is C17H24N6OS. The number of aryl methyl sites for hydroxylation is 1. The standard InChI is InChI=1S/C17H24N6OS/c1-12-20-21-15(25-12)8-23-7-14-6-22(9-17(14,10-23)11-24)5-13-3-2-4-19-16(13)18/h2-4,14,24H,5-11H2,1H3,(H2,18,19). The van der Waals surface area contributed by atoms with Crippen molar-refractivity contribution in [2.45, 2.75) is 20.0 Å². The Balaban J connectivity index is 1.42. The molecule has 2 aliphatic heterocycles. The van der Waals surface area contributed by atoms with Gasteiger partial charge in [0.05, 0.1) is 13.2 Å². The molecule has 2 unspecified atom stereocenters. The smallest absolute Gasteiger partial charge is 0.131 e. The van der Waals surface area contributed by atoms with Crippen molar-refractivity contribution in [2.75, 3.05) is 38.5 Å². The van der Waals surface area contributed by atoms with Gasteiger partial charge in [0, 0.05) is 49.9 Å². The monoisotopic (exact) mass is 360 g/mol. The number of pyridine rings is 1. The van der Waals surface area contributed by atoms with E-state index in [2.05, 4.69) is 25.0 Å². The minimum atomic E-state index is -0.0449. The second-order valence-corrected chi connectivity index (χ2v) is 8.59. The highest BCUT2D eigenvalue weighted by Gasteiger charge is 2.51. The molecule has 2 saturated heterocycles. The fourth-order valence-electron chi connectivity index (χ4n) is 4.28. The molecule has 7 nitrogen and oxygen atoms in total. The first-order valence-electron chi connectivity index (χ1n) is 8.62. The highest BCUT2D eigenvalue weighted by Crippen LogP contribution is 2.43. The summed E-state index contributed by atoms with van der Waals surface area (Å²) in [7, 11) is 0. The number of rotatable bonds is 5. The molecule has 2 aromatic heterocycles. The molecule has 3 N–H and O–H groups in total. The Morgan fingerprint density at radius 1 is 1.28 bits per heavy atom. The van der Waals surface area contributed by atoms with Crippen LogP contribution < -0.4 is 5.73 Å². The van der Waals surface area contributed by atoms with E-state index in [-0.39, 0.29) is 12.0 Å². The van der Waals surface area contributed by atoms with Gasteiger partial charge in [-0.25, -0.2) is 4.98 Å². The van der Waals surface area contributed by atoms with Crippen LogP contribution in [0.3, 0.4) is 0 Å². The van der Waals surface area contributed by atoms with E-state index in [1.807, 2.05) is 19.1 Å². The Bertz CT molecular complexity index is 752. The quantitative estimate of drug-likeness (QED) is 0.813. The van der Waals surface area contributed by atoms with E-state index in [0.717, 1.165) is 54.8 Å². The number of hydrogen-bond donors (Lipinski definition) is 2. The van der Waals surface area contributed by atoms with Crippen molar-refractivity contribution in [3.8, 4) is 0 Å². The molecule has 134 valence electrons. The number of hydrogen-bond acceptors (Lipinski definition) is 8. The summed E-state index contributed by atoms with van der Waals surface area (Å²) in [6.45, 7) is 7.63. The van der Waals surface area contributed by atoms with Gasteiger partial charge < -0.3 is 10.8 Å². The lowest BCUT2D eigenvalue weighted by Gasteiger charge is -2.27. The van der Waals surface area contributed by atoms with Crippen molar-refractivity contribution in [2.24, 2.45) is 11.3 Å². The molecule has 25 heavy (non-hydrogen) atoms. The molecule has 8 heteroatoms. The molecule has 0 aliphatic carbocycles. The number of anilines is 1. The number of aliphatic hydroxyl groups excluding tert-OH is 1. The fraction of sp³-hybridized carbons (Fsp3) is 0.588. The van der Waals surface area contributed by atoms with Crippen LogP contribution >= 0.6 is 11.3 Å². The average molecular weight is 360 g/mol. The van der Waals surface area contributed by atoms with Crippen LogP contribution in [0.25, 0.3) is 0 Å². The molecule has 4 rings (SSSR count). The predicted octanol–water partition coefficient (Wildman–Crippen LogP) is 0.750. The zero-order valence-electron chi connectivity index (χ0n) is 14.4. The number of aliphatic hydroxyl groups is 1. The lowest BCUT2D eigenvalue weighted by Crippen LogP contribution is -2.37. The van der Waals surface area contributed by atoms with Crippen LogP contribution in [0.5, 0.6) is 0 Å². The van der Waals surface area contributed by atoms with Crippen LogP contribution in [0.15, 0.2) is 18.3 Å². The highest BCUT2D eigenvalue weighted by molar-refractivity contribution is 7.11. The van der Waals surface area contributed by atoms with Gasteiger partial charge in [-0.15, -0.1) is 21.5 Å². The Morgan fingerprint density at radius 3 is 2.64 bits per heavy atom. The van der Waals surface area contributed by atoms with Crippen LogP contribution in [0.4, 0.5) is 5.82 Å². The van der Waals surface area contributed by atoms with E-state index in [1.165, 1.54) is 0 Å². The molecule has 0 spiro atoms. The minimum absolute atomic E-state index is 0.0449. The maximum absolute atomic E-state index is 10.1. The zero-order chi connectivity index (χ0) is 17.4.